The predicted molar refractivity (Wildman–Crippen MR) is 90.9 cm³/mol. The van der Waals surface area contributed by atoms with Crippen LogP contribution in [0.1, 0.15) is 0 Å². The van der Waals surface area contributed by atoms with E-state index in [9.17, 15) is 9.18 Å². The molecule has 0 atom stereocenters. The van der Waals surface area contributed by atoms with Gasteiger partial charge in [-0.05, 0) is 36.4 Å². The molecule has 6 heteroatoms. The zero-order chi connectivity index (χ0) is 15.4. The van der Waals surface area contributed by atoms with E-state index in [1.54, 1.807) is 24.3 Å². The second-order valence-corrected chi connectivity index (χ2v) is 6.69. The molecule has 2 aromatic carbocycles. The first kappa shape index (κ1) is 13.9. The fourth-order valence-electron chi connectivity index (χ4n) is 2.52. The van der Waals surface area contributed by atoms with E-state index in [0.29, 0.717) is 36.1 Å². The van der Waals surface area contributed by atoms with E-state index in [1.807, 2.05) is 0 Å². The maximum atomic E-state index is 13.5. The Morgan fingerprint density at radius 2 is 1.86 bits per heavy atom. The van der Waals surface area contributed by atoms with Gasteiger partial charge in [0.25, 0.3) is 0 Å². The third-order valence-corrected chi connectivity index (χ3v) is 5.28. The summed E-state index contributed by atoms with van der Waals surface area (Å²) in [6.45, 7) is 0. The van der Waals surface area contributed by atoms with Gasteiger partial charge in [-0.2, -0.15) is 0 Å². The Hall–Kier alpha value is -1.75. The quantitative estimate of drug-likeness (QED) is 0.241. The number of hydrogen-bond donors (Lipinski definition) is 0. The molecule has 0 amide bonds. The zero-order valence-electron chi connectivity index (χ0n) is 10.9. The van der Waals surface area contributed by atoms with Crippen LogP contribution in [0.2, 0.25) is 10.2 Å². The number of rotatable bonds is 0. The van der Waals surface area contributed by atoms with Crippen molar-refractivity contribution >= 4 is 65.6 Å². The number of halogens is 3. The minimum atomic E-state index is -0.446. The molecule has 0 saturated heterocycles. The van der Waals surface area contributed by atoms with Crippen LogP contribution in [-0.4, -0.2) is 4.98 Å². The van der Waals surface area contributed by atoms with Gasteiger partial charge >= 0.3 is 0 Å². The first-order valence-corrected chi connectivity index (χ1v) is 7.93. The molecule has 0 fully saturated rings. The topological polar surface area (TPSA) is 30.0 Å². The van der Waals surface area contributed by atoms with Crippen molar-refractivity contribution in [1.82, 2.24) is 4.98 Å². The highest BCUT2D eigenvalue weighted by molar-refractivity contribution is 7.25. The van der Waals surface area contributed by atoms with Crippen LogP contribution in [-0.2, 0) is 0 Å². The van der Waals surface area contributed by atoms with Crippen molar-refractivity contribution in [3.8, 4) is 0 Å². The molecule has 0 spiro atoms. The normalized spacial score (nSPS) is 11.6. The molecule has 2 nitrogen and oxygen atoms in total. The Morgan fingerprint density at radius 1 is 1.05 bits per heavy atom. The van der Waals surface area contributed by atoms with Crippen molar-refractivity contribution in [2.75, 3.05) is 0 Å². The summed E-state index contributed by atoms with van der Waals surface area (Å²) in [5.41, 5.74) is 0.321. The van der Waals surface area contributed by atoms with Gasteiger partial charge in [-0.25, -0.2) is 9.37 Å². The average Bonchev–Trinajstić information content (AvgIpc) is 2.49. The van der Waals surface area contributed by atoms with Crippen molar-refractivity contribution in [3.05, 3.63) is 62.6 Å². The molecule has 0 saturated carbocycles. The molecule has 0 bridgehead atoms. The van der Waals surface area contributed by atoms with Gasteiger partial charge in [0.05, 0.1) is 15.6 Å². The SMILES string of the molecule is O=c1c2cc(F)ccc2sc2c(Cl)nc3ccc(Cl)cc3c12. The minimum Gasteiger partial charge on any atom is -0.288 e. The van der Waals surface area contributed by atoms with Gasteiger partial charge in [-0.15, -0.1) is 11.3 Å². The highest BCUT2D eigenvalue weighted by Gasteiger charge is 2.14. The van der Waals surface area contributed by atoms with Gasteiger partial charge in [0, 0.05) is 20.5 Å². The van der Waals surface area contributed by atoms with Crippen LogP contribution in [0.3, 0.4) is 0 Å². The largest absolute Gasteiger partial charge is 0.288 e. The van der Waals surface area contributed by atoms with E-state index in [4.69, 9.17) is 23.2 Å². The summed E-state index contributed by atoms with van der Waals surface area (Å²) in [4.78, 5) is 17.1. The lowest BCUT2D eigenvalue weighted by Crippen LogP contribution is -2.03. The number of fused-ring (bicyclic) bond motifs is 4. The minimum absolute atomic E-state index is 0.262. The lowest BCUT2D eigenvalue weighted by molar-refractivity contribution is 0.630. The van der Waals surface area contributed by atoms with E-state index in [-0.39, 0.29) is 10.6 Å². The van der Waals surface area contributed by atoms with Crippen LogP contribution >= 0.6 is 34.5 Å². The fraction of sp³-hybridized carbons (Fsp3) is 0. The van der Waals surface area contributed by atoms with Crippen molar-refractivity contribution in [2.24, 2.45) is 0 Å². The highest BCUT2D eigenvalue weighted by Crippen LogP contribution is 2.34. The van der Waals surface area contributed by atoms with Crippen LogP contribution in [0.5, 0.6) is 0 Å². The molecule has 2 aromatic heterocycles. The number of benzene rings is 2. The smallest absolute Gasteiger partial charge is 0.196 e. The molecule has 0 radical (unpaired) electrons. The van der Waals surface area contributed by atoms with Crippen molar-refractivity contribution < 1.29 is 4.39 Å². The van der Waals surface area contributed by atoms with Gasteiger partial charge in [-0.1, -0.05) is 23.2 Å². The molecule has 4 aromatic rings. The van der Waals surface area contributed by atoms with Gasteiger partial charge < -0.3 is 0 Å². The zero-order valence-corrected chi connectivity index (χ0v) is 13.2. The van der Waals surface area contributed by atoms with Crippen LogP contribution in [0, 0.1) is 5.82 Å². The maximum Gasteiger partial charge on any atom is 0.196 e. The van der Waals surface area contributed by atoms with Crippen LogP contribution in [0.25, 0.3) is 31.1 Å². The third kappa shape index (κ3) is 1.99. The van der Waals surface area contributed by atoms with E-state index in [2.05, 4.69) is 4.98 Å². The Bertz CT molecular complexity index is 1140. The third-order valence-electron chi connectivity index (χ3n) is 3.49. The summed E-state index contributed by atoms with van der Waals surface area (Å²) in [7, 11) is 0. The molecule has 0 aliphatic heterocycles. The maximum absolute atomic E-state index is 13.5. The van der Waals surface area contributed by atoms with E-state index >= 15 is 0 Å². The van der Waals surface area contributed by atoms with Crippen LogP contribution in [0.4, 0.5) is 4.39 Å². The van der Waals surface area contributed by atoms with Gasteiger partial charge in [-0.3, -0.25) is 4.79 Å². The molecule has 108 valence electrons. The lowest BCUT2D eigenvalue weighted by Gasteiger charge is -2.07. The summed E-state index contributed by atoms with van der Waals surface area (Å²) in [6, 6.07) is 9.23. The van der Waals surface area contributed by atoms with Crippen LogP contribution < -0.4 is 5.43 Å². The molecule has 4 rings (SSSR count). The van der Waals surface area contributed by atoms with E-state index in [1.165, 1.54) is 23.5 Å². The van der Waals surface area contributed by atoms with E-state index in [0.717, 1.165) is 0 Å². The first-order valence-electron chi connectivity index (χ1n) is 6.35. The number of pyridine rings is 1. The fourth-order valence-corrected chi connectivity index (χ4v) is 4.05. The highest BCUT2D eigenvalue weighted by atomic mass is 35.5. The Kier molecular flexibility index (Phi) is 3.08. The second kappa shape index (κ2) is 4.88. The first-order chi connectivity index (χ1) is 10.5. The van der Waals surface area contributed by atoms with Crippen molar-refractivity contribution in [2.45, 2.75) is 0 Å². The number of aromatic nitrogens is 1. The van der Waals surface area contributed by atoms with Crippen molar-refractivity contribution in [1.29, 1.82) is 0 Å². The van der Waals surface area contributed by atoms with Gasteiger partial charge in [0.1, 0.15) is 11.0 Å². The number of hydrogen-bond acceptors (Lipinski definition) is 3. The molecular weight excluding hydrogens is 344 g/mol. The lowest BCUT2D eigenvalue weighted by atomic mass is 10.1. The second-order valence-electron chi connectivity index (χ2n) is 4.84. The molecule has 0 N–H and O–H groups in total. The monoisotopic (exact) mass is 349 g/mol. The number of nitrogens with zero attached hydrogens (tertiary/aromatic N) is 1. The van der Waals surface area contributed by atoms with Crippen LogP contribution in [0.15, 0.2) is 41.2 Å². The molecule has 0 aliphatic carbocycles. The molecule has 2 heterocycles. The molecule has 22 heavy (non-hydrogen) atoms. The van der Waals surface area contributed by atoms with E-state index < -0.39 is 5.82 Å². The Morgan fingerprint density at radius 3 is 2.68 bits per heavy atom. The summed E-state index contributed by atoms with van der Waals surface area (Å²) < 4.78 is 14.7. The van der Waals surface area contributed by atoms with Crippen molar-refractivity contribution in [3.63, 3.8) is 0 Å². The summed E-state index contributed by atoms with van der Waals surface area (Å²) in [5.74, 6) is -0.446. The van der Waals surface area contributed by atoms with Gasteiger partial charge in [0.2, 0.25) is 0 Å². The summed E-state index contributed by atoms with van der Waals surface area (Å²) >= 11 is 13.6. The molecule has 0 aliphatic rings. The Balaban J connectivity index is 2.36. The predicted octanol–water partition coefficient (Wildman–Crippen LogP) is 5.41. The standard InChI is InChI=1S/C16H6Cl2FNOS/c17-7-1-3-11-9(5-7)13-14(21)10-6-8(19)2-4-12(10)22-15(13)16(18)20-11/h1-6H. The molecular formula is C16H6Cl2FNOS. The Labute approximate surface area is 137 Å². The summed E-state index contributed by atoms with van der Waals surface area (Å²) in [6.07, 6.45) is 0. The molecule has 0 unspecified atom stereocenters. The average molecular weight is 350 g/mol. The summed E-state index contributed by atoms with van der Waals surface area (Å²) in [5, 5.41) is 2.15. The van der Waals surface area contributed by atoms with Gasteiger partial charge in [0.15, 0.2) is 5.43 Å².